The van der Waals surface area contributed by atoms with Crippen molar-refractivity contribution in [3.63, 3.8) is 0 Å². The van der Waals surface area contributed by atoms with Gasteiger partial charge in [-0.05, 0) is 26.0 Å². The molecular weight excluding hydrogens is 264 g/mol. The Hall–Kier alpha value is -2.31. The summed E-state index contributed by atoms with van der Waals surface area (Å²) >= 11 is 0. The van der Waals surface area contributed by atoms with Gasteiger partial charge in [-0.15, -0.1) is 0 Å². The van der Waals surface area contributed by atoms with Crippen LogP contribution in [0, 0.1) is 0 Å². The monoisotopic (exact) mass is 282 g/mol. The van der Waals surface area contributed by atoms with Crippen molar-refractivity contribution in [2.75, 3.05) is 20.1 Å². The molecule has 0 unspecified atom stereocenters. The number of carboxylic acid groups (broad SMARTS) is 1. The van der Waals surface area contributed by atoms with Gasteiger partial charge in [-0.2, -0.15) is 0 Å². The molecule has 20 heavy (non-hydrogen) atoms. The van der Waals surface area contributed by atoms with Crippen molar-refractivity contribution in [1.29, 1.82) is 0 Å². The van der Waals surface area contributed by atoms with Gasteiger partial charge in [0, 0.05) is 13.1 Å². The summed E-state index contributed by atoms with van der Waals surface area (Å²) in [6.07, 6.45) is 1.37. The Morgan fingerprint density at radius 3 is 2.40 bits per heavy atom. The van der Waals surface area contributed by atoms with E-state index in [1.807, 2.05) is 0 Å². The molecule has 0 fully saturated rings. The predicted molar refractivity (Wildman–Crippen MR) is 70.2 cm³/mol. The van der Waals surface area contributed by atoms with E-state index in [9.17, 15) is 14.4 Å². The predicted octanol–water partition coefficient (Wildman–Crippen LogP) is 0.673. The molecule has 0 atom stereocenters. The molecule has 0 aliphatic rings. The molecule has 0 saturated heterocycles. The molecule has 1 rings (SSSR count). The molecule has 0 spiro atoms. The highest BCUT2D eigenvalue weighted by molar-refractivity contribution is 5.94. The van der Waals surface area contributed by atoms with Crippen LogP contribution >= 0.6 is 0 Å². The van der Waals surface area contributed by atoms with Crippen molar-refractivity contribution in [2.24, 2.45) is 0 Å². The van der Waals surface area contributed by atoms with E-state index in [2.05, 4.69) is 0 Å². The van der Waals surface area contributed by atoms with Crippen LogP contribution in [0.1, 0.15) is 24.4 Å². The molecule has 0 aliphatic heterocycles. The van der Waals surface area contributed by atoms with Crippen LogP contribution in [-0.2, 0) is 9.59 Å². The number of carboxylic acids is 1. The zero-order chi connectivity index (χ0) is 15.3. The topological polar surface area (TPSA) is 91.1 Å². The standard InChI is InChI=1S/C13H18N2O5/c1-9(2)15(8-12(17)18)11(16)7-14(3)13(19)10-5-4-6-20-10/h4-6,9H,7-8H2,1-3H3,(H,17,18). The number of likely N-dealkylation sites (N-methyl/N-ethyl adjacent to an activating group) is 1. The molecule has 110 valence electrons. The van der Waals surface area contributed by atoms with Crippen molar-refractivity contribution >= 4 is 17.8 Å². The van der Waals surface area contributed by atoms with E-state index in [0.717, 1.165) is 0 Å². The zero-order valence-electron chi connectivity index (χ0n) is 11.7. The third-order valence-corrected chi connectivity index (χ3v) is 2.70. The Balaban J connectivity index is 2.68. The van der Waals surface area contributed by atoms with Crippen molar-refractivity contribution in [2.45, 2.75) is 19.9 Å². The Bertz CT molecular complexity index is 481. The molecule has 1 N–H and O–H groups in total. The number of hydrogen-bond donors (Lipinski definition) is 1. The van der Waals surface area contributed by atoms with E-state index in [4.69, 9.17) is 9.52 Å². The maximum Gasteiger partial charge on any atom is 0.323 e. The molecule has 7 nitrogen and oxygen atoms in total. The molecule has 2 amide bonds. The van der Waals surface area contributed by atoms with E-state index in [0.29, 0.717) is 0 Å². The van der Waals surface area contributed by atoms with Gasteiger partial charge in [-0.25, -0.2) is 0 Å². The number of furan rings is 1. The Labute approximate surface area is 116 Å². The van der Waals surface area contributed by atoms with Crippen LogP contribution in [0.25, 0.3) is 0 Å². The first-order valence-corrected chi connectivity index (χ1v) is 6.13. The van der Waals surface area contributed by atoms with Crippen molar-refractivity contribution in [3.05, 3.63) is 24.2 Å². The van der Waals surface area contributed by atoms with Gasteiger partial charge in [0.05, 0.1) is 12.8 Å². The molecule has 0 saturated carbocycles. The second kappa shape index (κ2) is 6.74. The molecular formula is C13H18N2O5. The maximum absolute atomic E-state index is 12.0. The molecule has 0 aromatic carbocycles. The Morgan fingerprint density at radius 2 is 1.95 bits per heavy atom. The van der Waals surface area contributed by atoms with Crippen LogP contribution in [0.5, 0.6) is 0 Å². The molecule has 0 bridgehead atoms. The fourth-order valence-corrected chi connectivity index (χ4v) is 1.66. The molecule has 0 aliphatic carbocycles. The van der Waals surface area contributed by atoms with Crippen LogP contribution in [0.3, 0.4) is 0 Å². The normalized spacial score (nSPS) is 10.4. The van der Waals surface area contributed by atoms with E-state index in [1.165, 1.54) is 29.2 Å². The van der Waals surface area contributed by atoms with Gasteiger partial charge in [-0.1, -0.05) is 0 Å². The number of rotatable bonds is 6. The van der Waals surface area contributed by atoms with Gasteiger partial charge < -0.3 is 19.3 Å². The van der Waals surface area contributed by atoms with Gasteiger partial charge in [0.1, 0.15) is 6.54 Å². The molecule has 7 heteroatoms. The smallest absolute Gasteiger partial charge is 0.323 e. The van der Waals surface area contributed by atoms with Gasteiger partial charge in [-0.3, -0.25) is 14.4 Å². The third-order valence-electron chi connectivity index (χ3n) is 2.70. The lowest BCUT2D eigenvalue weighted by atomic mass is 10.3. The van der Waals surface area contributed by atoms with Gasteiger partial charge in [0.2, 0.25) is 5.91 Å². The minimum atomic E-state index is -1.09. The summed E-state index contributed by atoms with van der Waals surface area (Å²) < 4.78 is 4.96. The summed E-state index contributed by atoms with van der Waals surface area (Å²) in [6.45, 7) is 2.84. The average Bonchev–Trinajstić information content (AvgIpc) is 2.87. The SMILES string of the molecule is CC(C)N(CC(=O)O)C(=O)CN(C)C(=O)c1ccco1. The first kappa shape index (κ1) is 15.7. The molecule has 1 aromatic rings. The molecule has 1 heterocycles. The highest BCUT2D eigenvalue weighted by Gasteiger charge is 2.23. The lowest BCUT2D eigenvalue weighted by Gasteiger charge is -2.27. The number of amides is 2. The van der Waals surface area contributed by atoms with E-state index in [-0.39, 0.29) is 24.9 Å². The second-order valence-electron chi connectivity index (χ2n) is 4.65. The van der Waals surface area contributed by atoms with E-state index in [1.54, 1.807) is 19.9 Å². The summed E-state index contributed by atoms with van der Waals surface area (Å²) in [6, 6.07) is 2.82. The quantitative estimate of drug-likeness (QED) is 0.828. The maximum atomic E-state index is 12.0. The van der Waals surface area contributed by atoms with Crippen LogP contribution in [-0.4, -0.2) is 58.9 Å². The van der Waals surface area contributed by atoms with Crippen LogP contribution in [0.4, 0.5) is 0 Å². The van der Waals surface area contributed by atoms with E-state index >= 15 is 0 Å². The Morgan fingerprint density at radius 1 is 1.30 bits per heavy atom. The van der Waals surface area contributed by atoms with Crippen LogP contribution < -0.4 is 0 Å². The number of carbonyl (C=O) groups excluding carboxylic acids is 2. The minimum absolute atomic E-state index is 0.134. The number of aliphatic carboxylic acids is 1. The number of nitrogens with zero attached hydrogens (tertiary/aromatic N) is 2. The summed E-state index contributed by atoms with van der Waals surface area (Å²) in [5.74, 6) is -1.81. The van der Waals surface area contributed by atoms with Crippen molar-refractivity contribution in [1.82, 2.24) is 9.80 Å². The van der Waals surface area contributed by atoms with Gasteiger partial charge in [0.15, 0.2) is 5.76 Å². The first-order valence-electron chi connectivity index (χ1n) is 6.13. The van der Waals surface area contributed by atoms with Crippen LogP contribution in [0.15, 0.2) is 22.8 Å². The Kier molecular flexibility index (Phi) is 5.31. The first-order chi connectivity index (χ1) is 9.32. The van der Waals surface area contributed by atoms with Crippen LogP contribution in [0.2, 0.25) is 0 Å². The average molecular weight is 282 g/mol. The third kappa shape index (κ3) is 4.11. The summed E-state index contributed by atoms with van der Waals surface area (Å²) in [4.78, 5) is 37.1. The molecule has 0 radical (unpaired) electrons. The zero-order valence-corrected chi connectivity index (χ0v) is 11.7. The summed E-state index contributed by atoms with van der Waals surface area (Å²) in [5, 5.41) is 8.79. The van der Waals surface area contributed by atoms with E-state index < -0.39 is 17.8 Å². The van der Waals surface area contributed by atoms with Crippen molar-refractivity contribution in [3.8, 4) is 0 Å². The second-order valence-corrected chi connectivity index (χ2v) is 4.65. The summed E-state index contributed by atoms with van der Waals surface area (Å²) in [5.41, 5.74) is 0. The summed E-state index contributed by atoms with van der Waals surface area (Å²) in [7, 11) is 1.46. The minimum Gasteiger partial charge on any atom is -0.480 e. The van der Waals surface area contributed by atoms with Crippen molar-refractivity contribution < 1.29 is 23.9 Å². The van der Waals surface area contributed by atoms with Gasteiger partial charge in [0.25, 0.3) is 5.91 Å². The number of hydrogen-bond acceptors (Lipinski definition) is 4. The van der Waals surface area contributed by atoms with Gasteiger partial charge >= 0.3 is 5.97 Å². The fraction of sp³-hybridized carbons (Fsp3) is 0.462. The lowest BCUT2D eigenvalue weighted by molar-refractivity contribution is -0.145. The molecule has 1 aromatic heterocycles. The largest absolute Gasteiger partial charge is 0.480 e. The highest BCUT2D eigenvalue weighted by Crippen LogP contribution is 2.06. The highest BCUT2D eigenvalue weighted by atomic mass is 16.4. The fourth-order valence-electron chi connectivity index (χ4n) is 1.66. The lowest BCUT2D eigenvalue weighted by Crippen LogP contribution is -2.46. The number of carbonyl (C=O) groups is 3.